The number of hydrogen-bond acceptors (Lipinski definition) is 5. The summed E-state index contributed by atoms with van der Waals surface area (Å²) in [5.74, 6) is 0. The Bertz CT molecular complexity index is 415. The quantitative estimate of drug-likeness (QED) is 0.413. The Morgan fingerprint density at radius 3 is 2.21 bits per heavy atom. The Hall–Kier alpha value is -2.31. The van der Waals surface area contributed by atoms with Crippen LogP contribution in [0.1, 0.15) is 10.4 Å². The zero-order chi connectivity index (χ0) is 10.7. The number of non-ortho nitro benzene ring substituents is 1. The van der Waals surface area contributed by atoms with Gasteiger partial charge in [-0.1, -0.05) is 0 Å². The Labute approximate surface area is 77.3 Å². The molecular weight excluding hydrogens is 194 g/mol. The van der Waals surface area contributed by atoms with Crippen molar-refractivity contribution in [2.45, 2.75) is 0 Å². The van der Waals surface area contributed by atoms with Crippen LogP contribution in [0.3, 0.4) is 0 Å². The highest BCUT2D eigenvalue weighted by Gasteiger charge is 2.18. The molecule has 0 unspecified atom stereocenters. The maximum atomic E-state index is 10.4. The second-order valence-corrected chi connectivity index (χ2v) is 2.38. The molecular formula is C7H4N2O5. The summed E-state index contributed by atoms with van der Waals surface area (Å²) >= 11 is 0. The minimum atomic E-state index is -0.837. The SMILES string of the molecule is O=[14CH]c1ccc([N+](=O)[O-])cc1[N+](=O)[O-]. The second-order valence-electron chi connectivity index (χ2n) is 2.38. The van der Waals surface area contributed by atoms with Gasteiger partial charge in [-0.2, -0.15) is 0 Å². The fraction of sp³-hybridized carbons (Fsp3) is 0. The molecule has 0 fully saturated rings. The summed E-state index contributed by atoms with van der Waals surface area (Å²) in [6.07, 6.45) is 0.280. The van der Waals surface area contributed by atoms with Crippen molar-refractivity contribution in [2.75, 3.05) is 0 Å². The van der Waals surface area contributed by atoms with Crippen LogP contribution in [0.4, 0.5) is 11.4 Å². The standard InChI is InChI=1S/C7H4N2O5/c10-4-5-1-2-6(8(11)12)3-7(5)9(13)14/h1-4H/i4+2. The highest BCUT2D eigenvalue weighted by Crippen LogP contribution is 2.22. The van der Waals surface area contributed by atoms with Gasteiger partial charge in [0.1, 0.15) is 0 Å². The normalized spacial score (nSPS) is 9.43. The van der Waals surface area contributed by atoms with Crippen LogP contribution >= 0.6 is 0 Å². The minimum Gasteiger partial charge on any atom is -0.298 e. The van der Waals surface area contributed by atoms with Gasteiger partial charge < -0.3 is 0 Å². The van der Waals surface area contributed by atoms with E-state index in [1.165, 1.54) is 0 Å². The summed E-state index contributed by atoms with van der Waals surface area (Å²) in [4.78, 5) is 29.4. The number of rotatable bonds is 3. The Morgan fingerprint density at radius 1 is 1.14 bits per heavy atom. The van der Waals surface area contributed by atoms with Crippen LogP contribution in [0.25, 0.3) is 0 Å². The molecule has 0 bridgehead atoms. The zero-order valence-electron chi connectivity index (χ0n) is 6.75. The molecule has 0 amide bonds. The van der Waals surface area contributed by atoms with Gasteiger partial charge in [-0.3, -0.25) is 25.0 Å². The Balaban J connectivity index is 3.34. The molecule has 0 heterocycles. The second kappa shape index (κ2) is 3.60. The van der Waals surface area contributed by atoms with Crippen molar-refractivity contribution in [3.63, 3.8) is 0 Å². The number of nitrogens with zero attached hydrogens (tertiary/aromatic N) is 2. The van der Waals surface area contributed by atoms with E-state index in [0.29, 0.717) is 0 Å². The largest absolute Gasteiger partial charge is 0.298 e. The lowest BCUT2D eigenvalue weighted by molar-refractivity contribution is -0.394. The predicted octanol–water partition coefficient (Wildman–Crippen LogP) is 1.32. The Morgan fingerprint density at radius 2 is 1.79 bits per heavy atom. The summed E-state index contributed by atoms with van der Waals surface area (Å²) < 4.78 is 0. The van der Waals surface area contributed by atoms with Gasteiger partial charge in [-0.15, -0.1) is 0 Å². The van der Waals surface area contributed by atoms with Crippen molar-refractivity contribution >= 4 is 17.7 Å². The van der Waals surface area contributed by atoms with Crippen LogP contribution < -0.4 is 0 Å². The van der Waals surface area contributed by atoms with Gasteiger partial charge >= 0.3 is 0 Å². The molecule has 1 rings (SSSR count). The molecule has 7 heteroatoms. The van der Waals surface area contributed by atoms with E-state index in [1.54, 1.807) is 0 Å². The summed E-state index contributed by atoms with van der Waals surface area (Å²) in [6, 6.07) is 2.84. The predicted molar refractivity (Wildman–Crippen MR) is 45.1 cm³/mol. The number of nitro benzene ring substituents is 2. The van der Waals surface area contributed by atoms with Crippen LogP contribution in [-0.4, -0.2) is 16.1 Å². The van der Waals surface area contributed by atoms with E-state index in [4.69, 9.17) is 0 Å². The van der Waals surface area contributed by atoms with Crippen molar-refractivity contribution in [1.82, 2.24) is 0 Å². The number of benzene rings is 1. The first-order valence-electron chi connectivity index (χ1n) is 3.44. The van der Waals surface area contributed by atoms with E-state index in [0.717, 1.165) is 18.2 Å². The lowest BCUT2D eigenvalue weighted by atomic mass is 10.2. The van der Waals surface area contributed by atoms with Crippen molar-refractivity contribution < 1.29 is 14.6 Å². The third-order valence-corrected chi connectivity index (χ3v) is 1.55. The fourth-order valence-electron chi connectivity index (χ4n) is 0.903. The molecule has 0 saturated carbocycles. The van der Waals surface area contributed by atoms with Crippen LogP contribution in [0.2, 0.25) is 0 Å². The van der Waals surface area contributed by atoms with Crippen LogP contribution in [0.15, 0.2) is 18.2 Å². The highest BCUT2D eigenvalue weighted by molar-refractivity contribution is 5.82. The third kappa shape index (κ3) is 1.71. The summed E-state index contributed by atoms with van der Waals surface area (Å²) in [7, 11) is 0. The average molecular weight is 198 g/mol. The summed E-state index contributed by atoms with van der Waals surface area (Å²) in [5.41, 5.74) is -1.16. The summed E-state index contributed by atoms with van der Waals surface area (Å²) in [6.45, 7) is 0. The minimum absolute atomic E-state index is 0.180. The van der Waals surface area contributed by atoms with Gasteiger partial charge in [0.05, 0.1) is 21.5 Å². The van der Waals surface area contributed by atoms with Gasteiger partial charge in [-0.05, 0) is 6.07 Å². The van der Waals surface area contributed by atoms with Gasteiger partial charge in [0.25, 0.3) is 11.4 Å². The Kier molecular flexibility index (Phi) is 2.52. The van der Waals surface area contributed by atoms with Crippen LogP contribution in [0, 0.1) is 20.2 Å². The van der Waals surface area contributed by atoms with Crippen molar-refractivity contribution in [1.29, 1.82) is 0 Å². The smallest absolute Gasteiger partial charge is 0.286 e. The van der Waals surface area contributed by atoms with E-state index >= 15 is 0 Å². The molecule has 0 spiro atoms. The van der Waals surface area contributed by atoms with E-state index in [1.807, 2.05) is 0 Å². The van der Waals surface area contributed by atoms with Crippen LogP contribution in [-0.2, 0) is 0 Å². The molecule has 7 nitrogen and oxygen atoms in total. The molecule has 14 heavy (non-hydrogen) atoms. The van der Waals surface area contributed by atoms with Gasteiger partial charge in [-0.25, -0.2) is 0 Å². The van der Waals surface area contributed by atoms with E-state index < -0.39 is 21.2 Å². The molecule has 1 aromatic rings. The molecule has 0 N–H and O–H groups in total. The maximum absolute atomic E-state index is 10.4. The van der Waals surface area contributed by atoms with E-state index in [-0.39, 0.29) is 11.8 Å². The fourth-order valence-corrected chi connectivity index (χ4v) is 0.903. The highest BCUT2D eigenvalue weighted by atomic mass is 16.6. The van der Waals surface area contributed by atoms with E-state index in [9.17, 15) is 25.0 Å². The molecule has 0 aliphatic rings. The van der Waals surface area contributed by atoms with Crippen LogP contribution in [0.5, 0.6) is 0 Å². The lowest BCUT2D eigenvalue weighted by Gasteiger charge is -1.94. The molecule has 0 atom stereocenters. The molecule has 0 saturated heterocycles. The molecule has 0 aliphatic heterocycles. The first kappa shape index (κ1) is 9.78. The van der Waals surface area contributed by atoms with Gasteiger partial charge in [0, 0.05) is 6.07 Å². The van der Waals surface area contributed by atoms with Gasteiger partial charge in [0.2, 0.25) is 0 Å². The molecule has 1 aromatic carbocycles. The monoisotopic (exact) mass is 198 g/mol. The maximum Gasteiger partial charge on any atom is 0.286 e. The summed E-state index contributed by atoms with van der Waals surface area (Å²) in [5, 5.41) is 20.6. The number of nitro groups is 2. The first-order valence-corrected chi connectivity index (χ1v) is 3.44. The zero-order valence-corrected chi connectivity index (χ0v) is 6.75. The lowest BCUT2D eigenvalue weighted by Crippen LogP contribution is -1.96. The van der Waals surface area contributed by atoms with Crippen molar-refractivity contribution in [3.8, 4) is 0 Å². The molecule has 0 aromatic heterocycles. The number of aldehydes is 1. The molecule has 0 radical (unpaired) electrons. The van der Waals surface area contributed by atoms with E-state index in [2.05, 4.69) is 0 Å². The average Bonchev–Trinajstić information content (AvgIpc) is 2.16. The topological polar surface area (TPSA) is 103 Å². The van der Waals surface area contributed by atoms with Crippen molar-refractivity contribution in [2.24, 2.45) is 0 Å². The third-order valence-electron chi connectivity index (χ3n) is 1.55. The van der Waals surface area contributed by atoms with Gasteiger partial charge in [0.15, 0.2) is 6.29 Å². The first-order chi connectivity index (χ1) is 6.56. The number of carbonyl (C=O) groups excluding carboxylic acids is 1. The molecule has 0 aliphatic carbocycles. The molecule has 72 valence electrons. The number of hydrogen-bond donors (Lipinski definition) is 0. The van der Waals surface area contributed by atoms with Crippen molar-refractivity contribution in [3.05, 3.63) is 44.0 Å². The number of carbonyl (C=O) groups is 1.